The molecule has 0 fully saturated rings. The molecule has 0 atom stereocenters. The summed E-state index contributed by atoms with van der Waals surface area (Å²) in [4.78, 5) is 0. The van der Waals surface area contributed by atoms with Gasteiger partial charge in [0.15, 0.2) is 0 Å². The lowest BCUT2D eigenvalue weighted by atomic mass is 9.78. The SMILES string of the molecule is CC1(C)c2cc(Br)ccc2-c2ccc(N)c(-c3ccc(-c4ccccc4)cc3)c21. The summed E-state index contributed by atoms with van der Waals surface area (Å²) >= 11 is 3.64. The molecule has 0 radical (unpaired) electrons. The van der Waals surface area contributed by atoms with E-state index in [9.17, 15) is 0 Å². The van der Waals surface area contributed by atoms with Gasteiger partial charge in [-0.3, -0.25) is 0 Å². The van der Waals surface area contributed by atoms with Gasteiger partial charge in [0, 0.05) is 21.1 Å². The molecular formula is C27H22BrN. The lowest BCUT2D eigenvalue weighted by Gasteiger charge is -2.25. The summed E-state index contributed by atoms with van der Waals surface area (Å²) in [6, 6.07) is 30.0. The highest BCUT2D eigenvalue weighted by molar-refractivity contribution is 9.10. The maximum Gasteiger partial charge on any atom is 0.0397 e. The van der Waals surface area contributed by atoms with Crippen molar-refractivity contribution < 1.29 is 0 Å². The van der Waals surface area contributed by atoms with Crippen LogP contribution in [0.4, 0.5) is 5.69 Å². The first-order valence-electron chi connectivity index (χ1n) is 9.86. The van der Waals surface area contributed by atoms with Gasteiger partial charge in [0.25, 0.3) is 0 Å². The van der Waals surface area contributed by atoms with E-state index in [4.69, 9.17) is 5.73 Å². The number of hydrogen-bond donors (Lipinski definition) is 1. The average Bonchev–Trinajstić information content (AvgIpc) is 2.96. The average molecular weight is 440 g/mol. The minimum atomic E-state index is -0.114. The first-order valence-corrected chi connectivity index (χ1v) is 10.7. The van der Waals surface area contributed by atoms with E-state index in [1.807, 2.05) is 12.1 Å². The summed E-state index contributed by atoms with van der Waals surface area (Å²) in [6.45, 7) is 4.59. The molecule has 0 aliphatic heterocycles. The Labute approximate surface area is 180 Å². The molecule has 1 nitrogen and oxygen atoms in total. The molecule has 0 amide bonds. The molecule has 0 aromatic heterocycles. The van der Waals surface area contributed by atoms with Crippen molar-refractivity contribution in [1.82, 2.24) is 0 Å². The third-order valence-electron chi connectivity index (χ3n) is 6.09. The van der Waals surface area contributed by atoms with E-state index in [2.05, 4.69) is 103 Å². The number of hydrogen-bond acceptors (Lipinski definition) is 1. The zero-order chi connectivity index (χ0) is 20.2. The molecule has 1 aliphatic carbocycles. The second-order valence-electron chi connectivity index (χ2n) is 8.21. The second kappa shape index (κ2) is 6.60. The topological polar surface area (TPSA) is 26.0 Å². The Morgan fingerprint density at radius 3 is 2.03 bits per heavy atom. The summed E-state index contributed by atoms with van der Waals surface area (Å²) in [5.74, 6) is 0. The number of benzene rings is 4. The first-order chi connectivity index (χ1) is 14.0. The van der Waals surface area contributed by atoms with E-state index in [-0.39, 0.29) is 5.41 Å². The van der Waals surface area contributed by atoms with Crippen LogP contribution < -0.4 is 5.73 Å². The normalized spacial score (nSPS) is 13.8. The molecule has 4 aromatic carbocycles. The molecule has 5 rings (SSSR count). The lowest BCUT2D eigenvalue weighted by Crippen LogP contribution is -2.17. The Morgan fingerprint density at radius 2 is 1.31 bits per heavy atom. The van der Waals surface area contributed by atoms with Gasteiger partial charge in [-0.25, -0.2) is 0 Å². The lowest BCUT2D eigenvalue weighted by molar-refractivity contribution is 0.662. The van der Waals surface area contributed by atoms with Gasteiger partial charge in [0.1, 0.15) is 0 Å². The van der Waals surface area contributed by atoms with Gasteiger partial charge >= 0.3 is 0 Å². The fourth-order valence-electron chi connectivity index (χ4n) is 4.67. The van der Waals surface area contributed by atoms with Crippen molar-refractivity contribution in [1.29, 1.82) is 0 Å². The molecule has 0 saturated heterocycles. The van der Waals surface area contributed by atoms with Crippen molar-refractivity contribution in [2.75, 3.05) is 5.73 Å². The van der Waals surface area contributed by atoms with Crippen molar-refractivity contribution in [2.45, 2.75) is 19.3 Å². The molecule has 2 heteroatoms. The molecule has 0 bridgehead atoms. The van der Waals surface area contributed by atoms with E-state index < -0.39 is 0 Å². The second-order valence-corrected chi connectivity index (χ2v) is 9.13. The zero-order valence-electron chi connectivity index (χ0n) is 16.5. The number of fused-ring (bicyclic) bond motifs is 3. The van der Waals surface area contributed by atoms with Crippen LogP contribution in [-0.4, -0.2) is 0 Å². The van der Waals surface area contributed by atoms with Gasteiger partial charge in [0.2, 0.25) is 0 Å². The van der Waals surface area contributed by atoms with E-state index in [1.54, 1.807) is 0 Å². The molecule has 0 spiro atoms. The summed E-state index contributed by atoms with van der Waals surface area (Å²) in [7, 11) is 0. The highest BCUT2D eigenvalue weighted by atomic mass is 79.9. The fraction of sp³-hybridized carbons (Fsp3) is 0.111. The predicted octanol–water partition coefficient (Wildman–Crippen LogP) is 7.67. The minimum absolute atomic E-state index is 0.114. The van der Waals surface area contributed by atoms with E-state index in [0.717, 1.165) is 15.7 Å². The molecule has 0 heterocycles. The summed E-state index contributed by atoms with van der Waals surface area (Å²) in [5.41, 5.74) is 17.3. The minimum Gasteiger partial charge on any atom is -0.398 e. The van der Waals surface area contributed by atoms with Crippen molar-refractivity contribution in [3.8, 4) is 33.4 Å². The molecular weight excluding hydrogens is 418 g/mol. The Kier molecular flexibility index (Phi) is 4.15. The van der Waals surface area contributed by atoms with Crippen LogP contribution in [0.25, 0.3) is 33.4 Å². The molecule has 142 valence electrons. The van der Waals surface area contributed by atoms with Gasteiger partial charge in [0.05, 0.1) is 0 Å². The molecule has 1 aliphatic rings. The largest absolute Gasteiger partial charge is 0.398 e. The Hall–Kier alpha value is -2.84. The number of anilines is 1. The third kappa shape index (κ3) is 2.82. The molecule has 0 saturated carbocycles. The maximum absolute atomic E-state index is 6.55. The molecule has 29 heavy (non-hydrogen) atoms. The van der Waals surface area contributed by atoms with E-state index >= 15 is 0 Å². The number of nitrogens with two attached hydrogens (primary N) is 1. The Bertz CT molecular complexity index is 1220. The number of nitrogen functional groups attached to an aromatic ring is 1. The van der Waals surface area contributed by atoms with Crippen molar-refractivity contribution in [3.05, 3.63) is 101 Å². The van der Waals surface area contributed by atoms with Crippen LogP contribution >= 0.6 is 15.9 Å². The molecule has 0 unspecified atom stereocenters. The van der Waals surface area contributed by atoms with Gasteiger partial charge in [-0.1, -0.05) is 96.5 Å². The quantitative estimate of drug-likeness (QED) is 0.318. The Morgan fingerprint density at radius 1 is 0.690 bits per heavy atom. The van der Waals surface area contributed by atoms with E-state index in [0.29, 0.717) is 0 Å². The predicted molar refractivity (Wildman–Crippen MR) is 127 cm³/mol. The zero-order valence-corrected chi connectivity index (χ0v) is 18.1. The van der Waals surface area contributed by atoms with Crippen LogP contribution in [0.2, 0.25) is 0 Å². The van der Waals surface area contributed by atoms with Crippen molar-refractivity contribution in [3.63, 3.8) is 0 Å². The molecule has 2 N–H and O–H groups in total. The standard InChI is InChI=1S/C27H22BrN/c1-27(2)23-16-20(28)12-13-21(23)22-14-15-24(29)25(26(22)27)19-10-8-18(9-11-19)17-6-4-3-5-7-17/h3-16H,29H2,1-2H3. The first kappa shape index (κ1) is 18.2. The summed E-state index contributed by atoms with van der Waals surface area (Å²) < 4.78 is 1.11. The highest BCUT2D eigenvalue weighted by Gasteiger charge is 2.38. The summed E-state index contributed by atoms with van der Waals surface area (Å²) in [5, 5.41) is 0. The van der Waals surface area contributed by atoms with Crippen LogP contribution in [0.1, 0.15) is 25.0 Å². The van der Waals surface area contributed by atoms with Crippen molar-refractivity contribution in [2.24, 2.45) is 0 Å². The van der Waals surface area contributed by atoms with Gasteiger partial charge in [-0.15, -0.1) is 0 Å². The van der Waals surface area contributed by atoms with Gasteiger partial charge < -0.3 is 5.73 Å². The van der Waals surface area contributed by atoms with Crippen LogP contribution in [0, 0.1) is 0 Å². The number of halogens is 1. The smallest absolute Gasteiger partial charge is 0.0397 e. The van der Waals surface area contributed by atoms with Crippen LogP contribution in [0.5, 0.6) is 0 Å². The highest BCUT2D eigenvalue weighted by Crippen LogP contribution is 2.54. The fourth-order valence-corrected chi connectivity index (χ4v) is 5.03. The van der Waals surface area contributed by atoms with Gasteiger partial charge in [-0.05, 0) is 57.1 Å². The summed E-state index contributed by atoms with van der Waals surface area (Å²) in [6.07, 6.45) is 0. The monoisotopic (exact) mass is 439 g/mol. The van der Waals surface area contributed by atoms with Gasteiger partial charge in [-0.2, -0.15) is 0 Å². The van der Waals surface area contributed by atoms with E-state index in [1.165, 1.54) is 38.9 Å². The van der Waals surface area contributed by atoms with Crippen molar-refractivity contribution >= 4 is 21.6 Å². The number of rotatable bonds is 2. The van der Waals surface area contributed by atoms with Crippen LogP contribution in [0.15, 0.2) is 89.4 Å². The Balaban J connectivity index is 1.69. The molecule has 4 aromatic rings. The maximum atomic E-state index is 6.55. The van der Waals surface area contributed by atoms with Crippen LogP contribution in [0.3, 0.4) is 0 Å². The van der Waals surface area contributed by atoms with Crippen LogP contribution in [-0.2, 0) is 5.41 Å². The third-order valence-corrected chi connectivity index (χ3v) is 6.58.